The van der Waals surface area contributed by atoms with Crippen molar-refractivity contribution >= 4 is 5.95 Å². The Bertz CT molecular complexity index is 794. The van der Waals surface area contributed by atoms with E-state index in [1.807, 2.05) is 6.07 Å². The highest BCUT2D eigenvalue weighted by atomic mass is 16.2. The quantitative estimate of drug-likeness (QED) is 0.642. The van der Waals surface area contributed by atoms with Crippen LogP contribution < -0.4 is 16.1 Å². The van der Waals surface area contributed by atoms with E-state index in [1.54, 1.807) is 19.4 Å². The molecule has 0 amide bonds. The van der Waals surface area contributed by atoms with Crippen LogP contribution in [0.1, 0.15) is 12.8 Å². The van der Waals surface area contributed by atoms with Crippen LogP contribution in [0.2, 0.25) is 0 Å². The lowest BCUT2D eigenvalue weighted by Crippen LogP contribution is -2.47. The molecule has 0 N–H and O–H groups in total. The molecule has 3 rings (SSSR count). The number of hydrogen-bond acceptors (Lipinski definition) is 7. The fraction of sp³-hybridized carbons (Fsp3) is 0.562. The van der Waals surface area contributed by atoms with Gasteiger partial charge in [-0.05, 0) is 25.5 Å². The van der Waals surface area contributed by atoms with E-state index in [2.05, 4.69) is 24.9 Å². The number of rotatable bonds is 6. The van der Waals surface area contributed by atoms with Gasteiger partial charge in [0, 0.05) is 52.2 Å². The first-order valence-electron chi connectivity index (χ1n) is 8.52. The van der Waals surface area contributed by atoms with E-state index in [1.165, 1.54) is 15.4 Å². The molecule has 2 aromatic heterocycles. The van der Waals surface area contributed by atoms with Crippen LogP contribution in [0.15, 0.2) is 34.2 Å². The van der Waals surface area contributed by atoms with E-state index in [9.17, 15) is 9.59 Å². The molecular formula is C16H23N7O2. The van der Waals surface area contributed by atoms with Crippen LogP contribution in [0.4, 0.5) is 5.95 Å². The maximum absolute atomic E-state index is 11.9. The summed E-state index contributed by atoms with van der Waals surface area (Å²) in [5.74, 6) is 0.787. The highest BCUT2D eigenvalue weighted by Gasteiger charge is 2.18. The molecule has 0 spiro atoms. The van der Waals surface area contributed by atoms with E-state index >= 15 is 0 Å². The summed E-state index contributed by atoms with van der Waals surface area (Å²) in [6.07, 6.45) is 6.45. The van der Waals surface area contributed by atoms with Crippen molar-refractivity contribution in [2.75, 3.05) is 37.6 Å². The van der Waals surface area contributed by atoms with Crippen molar-refractivity contribution in [2.24, 2.45) is 7.05 Å². The van der Waals surface area contributed by atoms with Crippen LogP contribution in [0.3, 0.4) is 0 Å². The van der Waals surface area contributed by atoms with Crippen molar-refractivity contribution in [1.29, 1.82) is 0 Å². The summed E-state index contributed by atoms with van der Waals surface area (Å²) in [6.45, 7) is 5.16. The third-order valence-corrected chi connectivity index (χ3v) is 4.43. The summed E-state index contributed by atoms with van der Waals surface area (Å²) in [7, 11) is 1.55. The Balaban J connectivity index is 1.42. The van der Waals surface area contributed by atoms with E-state index in [-0.39, 0.29) is 11.2 Å². The topological polar surface area (TPSA) is 89.2 Å². The summed E-state index contributed by atoms with van der Waals surface area (Å²) in [5.41, 5.74) is -0.691. The van der Waals surface area contributed by atoms with E-state index in [0.717, 1.165) is 51.5 Å². The van der Waals surface area contributed by atoms with Gasteiger partial charge < -0.3 is 4.90 Å². The molecule has 3 heterocycles. The third kappa shape index (κ3) is 4.30. The van der Waals surface area contributed by atoms with Gasteiger partial charge in [0.2, 0.25) is 5.95 Å². The second-order valence-electron chi connectivity index (χ2n) is 6.13. The number of unbranched alkanes of at least 4 members (excludes halogenated alkanes) is 1. The van der Waals surface area contributed by atoms with Crippen molar-refractivity contribution in [3.63, 3.8) is 0 Å². The van der Waals surface area contributed by atoms with Gasteiger partial charge in [-0.2, -0.15) is 5.10 Å². The van der Waals surface area contributed by atoms with Crippen LogP contribution in [-0.4, -0.2) is 61.9 Å². The minimum absolute atomic E-state index is 0.334. The van der Waals surface area contributed by atoms with E-state index in [4.69, 9.17) is 0 Å². The first-order chi connectivity index (χ1) is 12.1. The van der Waals surface area contributed by atoms with Crippen LogP contribution in [0.5, 0.6) is 0 Å². The van der Waals surface area contributed by atoms with Gasteiger partial charge in [0.15, 0.2) is 0 Å². The molecule has 1 fully saturated rings. The molecule has 25 heavy (non-hydrogen) atoms. The standard InChI is InChI=1S/C16H23N7O2/c1-20-16(25)23(14(24)13-19-20)8-3-2-7-21-9-11-22(12-10-21)15-17-5-4-6-18-15/h4-6,13H,2-3,7-12H2,1H3. The van der Waals surface area contributed by atoms with Gasteiger partial charge in [0.25, 0.3) is 5.56 Å². The predicted octanol–water partition coefficient (Wildman–Crippen LogP) is -0.666. The molecule has 0 aliphatic carbocycles. The molecule has 0 unspecified atom stereocenters. The second-order valence-corrected chi connectivity index (χ2v) is 6.13. The molecule has 134 valence electrons. The van der Waals surface area contributed by atoms with Gasteiger partial charge in [-0.1, -0.05) is 0 Å². The molecule has 0 atom stereocenters. The van der Waals surface area contributed by atoms with Gasteiger partial charge in [-0.25, -0.2) is 19.4 Å². The normalized spacial score (nSPS) is 15.5. The van der Waals surface area contributed by atoms with E-state index in [0.29, 0.717) is 6.54 Å². The fourth-order valence-corrected chi connectivity index (χ4v) is 2.96. The Hall–Kier alpha value is -2.55. The highest BCUT2D eigenvalue weighted by molar-refractivity contribution is 5.29. The summed E-state index contributed by atoms with van der Waals surface area (Å²) < 4.78 is 2.43. The largest absolute Gasteiger partial charge is 0.347 e. The first-order valence-corrected chi connectivity index (χ1v) is 8.52. The monoisotopic (exact) mass is 345 g/mol. The van der Waals surface area contributed by atoms with Crippen molar-refractivity contribution in [2.45, 2.75) is 19.4 Å². The summed E-state index contributed by atoms with van der Waals surface area (Å²) in [5, 5.41) is 3.72. The zero-order valence-corrected chi connectivity index (χ0v) is 14.4. The van der Waals surface area contributed by atoms with Crippen LogP contribution in [0.25, 0.3) is 0 Å². The minimum Gasteiger partial charge on any atom is -0.338 e. The second kappa shape index (κ2) is 8.02. The van der Waals surface area contributed by atoms with Crippen LogP contribution in [-0.2, 0) is 13.6 Å². The van der Waals surface area contributed by atoms with Gasteiger partial charge in [-0.15, -0.1) is 0 Å². The molecule has 1 aliphatic rings. The Labute approximate surface area is 145 Å². The average Bonchev–Trinajstić information content (AvgIpc) is 2.65. The highest BCUT2D eigenvalue weighted by Crippen LogP contribution is 2.10. The summed E-state index contributed by atoms with van der Waals surface area (Å²) in [4.78, 5) is 36.8. The molecule has 0 aromatic carbocycles. The Morgan fingerprint density at radius 2 is 1.68 bits per heavy atom. The van der Waals surface area contributed by atoms with Gasteiger partial charge in [0.05, 0.1) is 0 Å². The zero-order chi connectivity index (χ0) is 17.6. The summed E-state index contributed by atoms with van der Waals surface area (Å²) >= 11 is 0. The Morgan fingerprint density at radius 3 is 2.40 bits per heavy atom. The number of aryl methyl sites for hydroxylation is 1. The molecule has 9 heteroatoms. The molecule has 9 nitrogen and oxygen atoms in total. The van der Waals surface area contributed by atoms with Crippen molar-refractivity contribution in [3.05, 3.63) is 45.5 Å². The number of hydrogen-bond donors (Lipinski definition) is 0. The SMILES string of the molecule is Cn1ncc(=O)n(CCCCN2CCN(c3ncccn3)CC2)c1=O. The predicted molar refractivity (Wildman–Crippen MR) is 93.7 cm³/mol. The van der Waals surface area contributed by atoms with Crippen molar-refractivity contribution in [1.82, 2.24) is 29.2 Å². The van der Waals surface area contributed by atoms with Crippen molar-refractivity contribution < 1.29 is 0 Å². The lowest BCUT2D eigenvalue weighted by atomic mass is 10.2. The summed E-state index contributed by atoms with van der Waals surface area (Å²) in [6, 6.07) is 1.82. The van der Waals surface area contributed by atoms with Crippen molar-refractivity contribution in [3.8, 4) is 0 Å². The molecule has 0 saturated carbocycles. The Kier molecular flexibility index (Phi) is 5.54. The number of piperazine rings is 1. The van der Waals surface area contributed by atoms with Gasteiger partial charge >= 0.3 is 5.69 Å². The molecular weight excluding hydrogens is 322 g/mol. The average molecular weight is 345 g/mol. The number of aromatic nitrogens is 5. The number of nitrogens with zero attached hydrogens (tertiary/aromatic N) is 7. The van der Waals surface area contributed by atoms with E-state index < -0.39 is 0 Å². The molecule has 1 saturated heterocycles. The lowest BCUT2D eigenvalue weighted by Gasteiger charge is -2.34. The smallest absolute Gasteiger partial charge is 0.338 e. The molecule has 0 radical (unpaired) electrons. The van der Waals surface area contributed by atoms with Crippen LogP contribution in [0, 0.1) is 0 Å². The maximum Gasteiger partial charge on any atom is 0.347 e. The Morgan fingerprint density at radius 1 is 1.00 bits per heavy atom. The molecule has 1 aliphatic heterocycles. The lowest BCUT2D eigenvalue weighted by molar-refractivity contribution is 0.249. The first kappa shape index (κ1) is 17.3. The molecule has 0 bridgehead atoms. The van der Waals surface area contributed by atoms with Crippen LogP contribution >= 0.6 is 0 Å². The zero-order valence-electron chi connectivity index (χ0n) is 14.4. The third-order valence-electron chi connectivity index (χ3n) is 4.43. The van der Waals surface area contributed by atoms with Gasteiger partial charge in [0.1, 0.15) is 6.20 Å². The number of anilines is 1. The fourth-order valence-electron chi connectivity index (χ4n) is 2.96. The maximum atomic E-state index is 11.9. The molecule has 2 aromatic rings. The minimum atomic E-state index is -0.357. The van der Waals surface area contributed by atoms with Gasteiger partial charge in [-0.3, -0.25) is 14.3 Å².